The van der Waals surface area contributed by atoms with Gasteiger partial charge < -0.3 is 5.32 Å². The molecule has 0 atom stereocenters. The van der Waals surface area contributed by atoms with E-state index in [1.54, 1.807) is 24.0 Å². The third kappa shape index (κ3) is 3.65. The number of carbonyl (C=O) groups is 1. The van der Waals surface area contributed by atoms with Crippen LogP contribution in [-0.4, -0.2) is 26.8 Å². The normalized spacial score (nSPS) is 10.2. The van der Waals surface area contributed by atoms with Crippen LogP contribution < -0.4 is 10.9 Å². The second-order valence-electron chi connectivity index (χ2n) is 3.58. The van der Waals surface area contributed by atoms with Crippen LogP contribution >= 0.6 is 11.8 Å². The van der Waals surface area contributed by atoms with E-state index in [4.69, 9.17) is 0 Å². The van der Waals surface area contributed by atoms with Gasteiger partial charge in [0, 0.05) is 6.07 Å². The van der Waals surface area contributed by atoms with Crippen molar-refractivity contribution in [3.8, 4) is 0 Å². The molecule has 0 aromatic carbocycles. The largest absolute Gasteiger partial charge is 0.319 e. The summed E-state index contributed by atoms with van der Waals surface area (Å²) in [5.41, 5.74) is 0.379. The summed E-state index contributed by atoms with van der Waals surface area (Å²) in [6.45, 7) is 2.05. The molecule has 6 nitrogen and oxygen atoms in total. The molecule has 2 heterocycles. The van der Waals surface area contributed by atoms with Gasteiger partial charge in [-0.25, -0.2) is 10.1 Å². The molecule has 98 valence electrons. The molecule has 0 unspecified atom stereocenters. The van der Waals surface area contributed by atoms with Gasteiger partial charge in [0.25, 0.3) is 11.5 Å². The molecule has 0 saturated carbocycles. The predicted octanol–water partition coefficient (Wildman–Crippen LogP) is 1.53. The quantitative estimate of drug-likeness (QED) is 0.827. The molecule has 0 bridgehead atoms. The highest BCUT2D eigenvalue weighted by Crippen LogP contribution is 2.16. The molecule has 2 N–H and O–H groups in total. The lowest BCUT2D eigenvalue weighted by Crippen LogP contribution is -2.17. The zero-order valence-electron chi connectivity index (χ0n) is 10.2. The minimum atomic E-state index is -0.394. The number of aromatic nitrogens is 3. The molecule has 2 aromatic heterocycles. The average molecular weight is 276 g/mol. The van der Waals surface area contributed by atoms with Crippen molar-refractivity contribution in [2.24, 2.45) is 0 Å². The maximum atomic E-state index is 11.8. The van der Waals surface area contributed by atoms with Crippen LogP contribution in [0, 0.1) is 0 Å². The van der Waals surface area contributed by atoms with Crippen molar-refractivity contribution in [1.29, 1.82) is 0 Å². The van der Waals surface area contributed by atoms with Gasteiger partial charge in [-0.1, -0.05) is 6.92 Å². The van der Waals surface area contributed by atoms with Crippen LogP contribution in [0.1, 0.15) is 17.4 Å². The first-order valence-corrected chi connectivity index (χ1v) is 6.63. The van der Waals surface area contributed by atoms with Crippen LogP contribution in [0.4, 0.5) is 5.69 Å². The van der Waals surface area contributed by atoms with Crippen LogP contribution in [-0.2, 0) is 0 Å². The summed E-state index contributed by atoms with van der Waals surface area (Å²) in [7, 11) is 0. The van der Waals surface area contributed by atoms with E-state index < -0.39 is 5.91 Å². The molecule has 0 spiro atoms. The van der Waals surface area contributed by atoms with Crippen molar-refractivity contribution in [1.82, 2.24) is 15.2 Å². The molecule has 0 fully saturated rings. The number of nitrogens with one attached hydrogen (secondary N) is 2. The summed E-state index contributed by atoms with van der Waals surface area (Å²) in [5, 5.41) is 9.41. The van der Waals surface area contributed by atoms with Crippen LogP contribution in [0.25, 0.3) is 0 Å². The smallest absolute Gasteiger partial charge is 0.276 e. The average Bonchev–Trinajstić information content (AvgIpc) is 2.42. The number of hydrogen-bond acceptors (Lipinski definition) is 5. The summed E-state index contributed by atoms with van der Waals surface area (Å²) in [6, 6.07) is 6.22. The van der Waals surface area contributed by atoms with Gasteiger partial charge in [-0.2, -0.15) is 5.10 Å². The van der Waals surface area contributed by atoms with E-state index in [-0.39, 0.29) is 11.3 Å². The van der Waals surface area contributed by atoms with Crippen LogP contribution in [0.5, 0.6) is 0 Å². The van der Waals surface area contributed by atoms with Gasteiger partial charge in [0.1, 0.15) is 5.69 Å². The molecule has 0 aliphatic heterocycles. The maximum absolute atomic E-state index is 11.8. The van der Waals surface area contributed by atoms with Crippen LogP contribution in [0.3, 0.4) is 0 Å². The van der Waals surface area contributed by atoms with E-state index in [9.17, 15) is 9.59 Å². The second-order valence-corrected chi connectivity index (χ2v) is 4.86. The number of aromatic amines is 1. The van der Waals surface area contributed by atoms with Crippen molar-refractivity contribution in [3.63, 3.8) is 0 Å². The van der Waals surface area contributed by atoms with Gasteiger partial charge in [0.15, 0.2) is 0 Å². The monoisotopic (exact) mass is 276 g/mol. The van der Waals surface area contributed by atoms with Gasteiger partial charge in [0.05, 0.1) is 16.9 Å². The second kappa shape index (κ2) is 6.14. The van der Waals surface area contributed by atoms with Crippen molar-refractivity contribution in [3.05, 3.63) is 46.5 Å². The summed E-state index contributed by atoms with van der Waals surface area (Å²) in [4.78, 5) is 26.8. The first-order chi connectivity index (χ1) is 9.19. The van der Waals surface area contributed by atoms with Gasteiger partial charge in [-0.15, -0.1) is 11.8 Å². The third-order valence-corrected chi connectivity index (χ3v) is 3.02. The Morgan fingerprint density at radius 3 is 2.79 bits per heavy atom. The van der Waals surface area contributed by atoms with E-state index >= 15 is 0 Å². The number of nitrogens with zero attached hydrogens (tertiary/aromatic N) is 2. The number of carbonyl (C=O) groups excluding carboxylic acids is 1. The van der Waals surface area contributed by atoms with Gasteiger partial charge >= 0.3 is 0 Å². The number of thioether (sulfide) groups is 1. The number of amides is 1. The van der Waals surface area contributed by atoms with E-state index in [2.05, 4.69) is 20.5 Å². The van der Waals surface area contributed by atoms with Gasteiger partial charge in [0.2, 0.25) is 0 Å². The highest BCUT2D eigenvalue weighted by molar-refractivity contribution is 7.99. The first kappa shape index (κ1) is 13.3. The number of anilines is 1. The van der Waals surface area contributed by atoms with Crippen molar-refractivity contribution in [2.75, 3.05) is 11.1 Å². The highest BCUT2D eigenvalue weighted by atomic mass is 32.2. The third-order valence-electron chi connectivity index (χ3n) is 2.20. The van der Waals surface area contributed by atoms with Gasteiger partial charge in [-0.05, 0) is 24.0 Å². The molecule has 7 heteroatoms. The summed E-state index contributed by atoms with van der Waals surface area (Å²) in [6.07, 6.45) is 1.58. The molecule has 0 aliphatic rings. The first-order valence-electron chi connectivity index (χ1n) is 5.65. The molecule has 0 aliphatic carbocycles. The Labute approximate surface area is 113 Å². The lowest BCUT2D eigenvalue weighted by atomic mass is 10.3. The number of rotatable bonds is 4. The standard InChI is InChI=1S/C12H12N4O2S/c1-2-19-11-6-3-8(7-13-11)14-12(18)9-4-5-10(17)16-15-9/h3-7H,2H2,1H3,(H,14,18)(H,16,17). The minimum absolute atomic E-state index is 0.145. The molecular formula is C12H12N4O2S. The zero-order chi connectivity index (χ0) is 13.7. The number of pyridine rings is 1. The summed E-state index contributed by atoms with van der Waals surface area (Å²) >= 11 is 1.62. The molecule has 0 saturated heterocycles. The summed E-state index contributed by atoms with van der Waals surface area (Å²) < 4.78 is 0. The van der Waals surface area contributed by atoms with E-state index in [0.29, 0.717) is 5.69 Å². The fourth-order valence-corrected chi connectivity index (χ4v) is 1.94. The fraction of sp³-hybridized carbons (Fsp3) is 0.167. The van der Waals surface area contributed by atoms with E-state index in [1.807, 2.05) is 13.0 Å². The number of H-pyrrole nitrogens is 1. The molecule has 1 amide bonds. The topological polar surface area (TPSA) is 87.7 Å². The van der Waals surface area contributed by atoms with Crippen molar-refractivity contribution >= 4 is 23.4 Å². The van der Waals surface area contributed by atoms with Crippen LogP contribution in [0.2, 0.25) is 0 Å². The molecule has 2 aromatic rings. The molecular weight excluding hydrogens is 264 g/mol. The lowest BCUT2D eigenvalue weighted by molar-refractivity contribution is 0.102. The Morgan fingerprint density at radius 1 is 1.37 bits per heavy atom. The lowest BCUT2D eigenvalue weighted by Gasteiger charge is -2.04. The molecule has 2 rings (SSSR count). The molecule has 0 radical (unpaired) electrons. The van der Waals surface area contributed by atoms with E-state index in [0.717, 1.165) is 10.8 Å². The minimum Gasteiger partial charge on any atom is -0.319 e. The Balaban J connectivity index is 2.06. The highest BCUT2D eigenvalue weighted by Gasteiger charge is 2.07. The van der Waals surface area contributed by atoms with E-state index in [1.165, 1.54) is 12.1 Å². The van der Waals surface area contributed by atoms with Crippen molar-refractivity contribution < 1.29 is 4.79 Å². The Bertz CT molecular complexity index is 604. The Hall–Kier alpha value is -2.15. The summed E-state index contributed by atoms with van der Waals surface area (Å²) in [5.74, 6) is 0.550. The van der Waals surface area contributed by atoms with Crippen molar-refractivity contribution in [2.45, 2.75) is 11.9 Å². The zero-order valence-corrected chi connectivity index (χ0v) is 11.0. The Morgan fingerprint density at radius 2 is 2.21 bits per heavy atom. The van der Waals surface area contributed by atoms with Crippen LogP contribution in [0.15, 0.2) is 40.3 Å². The SMILES string of the molecule is CCSc1ccc(NC(=O)c2ccc(=O)[nH]n2)cn1. The maximum Gasteiger partial charge on any atom is 0.276 e. The molecule has 19 heavy (non-hydrogen) atoms. The predicted molar refractivity (Wildman–Crippen MR) is 73.4 cm³/mol. The van der Waals surface area contributed by atoms with Gasteiger partial charge in [-0.3, -0.25) is 9.59 Å². The fourth-order valence-electron chi connectivity index (χ4n) is 1.35. The Kier molecular flexibility index (Phi) is 4.30. The number of hydrogen-bond donors (Lipinski definition) is 2.